The van der Waals surface area contributed by atoms with Crippen molar-refractivity contribution in [1.29, 1.82) is 0 Å². The van der Waals surface area contributed by atoms with E-state index in [-0.39, 0.29) is 50.8 Å². The highest BCUT2D eigenvalue weighted by molar-refractivity contribution is 7.99. The van der Waals surface area contributed by atoms with Crippen LogP contribution in [0.5, 0.6) is 0 Å². The average Bonchev–Trinajstić information content (AvgIpc) is 3.18. The molecule has 0 aliphatic carbocycles. The first kappa shape index (κ1) is 55.2. The van der Waals surface area contributed by atoms with Crippen molar-refractivity contribution >= 4 is 29.6 Å². The number of aliphatic hydroxyl groups is 1. The van der Waals surface area contributed by atoms with Gasteiger partial charge in [-0.15, -0.1) is 11.8 Å². The highest BCUT2D eigenvalue weighted by Crippen LogP contribution is 2.13. The van der Waals surface area contributed by atoms with Gasteiger partial charge in [-0.1, -0.05) is 141 Å². The molecule has 1 N–H and O–H groups in total. The minimum atomic E-state index is -0.218. The van der Waals surface area contributed by atoms with Crippen molar-refractivity contribution < 1.29 is 33.4 Å². The van der Waals surface area contributed by atoms with Crippen molar-refractivity contribution in [2.45, 2.75) is 194 Å². The fourth-order valence-corrected chi connectivity index (χ4v) is 7.79. The van der Waals surface area contributed by atoms with E-state index in [0.29, 0.717) is 29.6 Å². The number of carbonyl (C=O) groups is 3. The summed E-state index contributed by atoms with van der Waals surface area (Å²) in [5, 5.41) is 9.30. The van der Waals surface area contributed by atoms with Crippen LogP contribution in [0.2, 0.25) is 0 Å². The van der Waals surface area contributed by atoms with Crippen LogP contribution in [0, 0.1) is 0 Å². The number of ether oxygens (including phenoxy) is 2. The van der Waals surface area contributed by atoms with Gasteiger partial charge in [0, 0.05) is 18.6 Å². The molecule has 334 valence electrons. The zero-order chi connectivity index (χ0) is 41.9. The van der Waals surface area contributed by atoms with Gasteiger partial charge in [-0.3, -0.25) is 14.4 Å². The number of hydrogen-bond donors (Lipinski definition) is 1. The summed E-state index contributed by atoms with van der Waals surface area (Å²) in [4.78, 5) is 39.7. The largest absolute Gasteiger partial charge is 0.464 e. The molecule has 0 saturated heterocycles. The fourth-order valence-electron chi connectivity index (χ4n) is 6.67. The maximum absolute atomic E-state index is 13.2. The van der Waals surface area contributed by atoms with E-state index < -0.39 is 0 Å². The molecule has 0 atom stereocenters. The number of quaternary nitrogens is 1. The number of nitrogens with zero attached hydrogens (tertiary/aromatic N) is 2. The second-order valence-electron chi connectivity index (χ2n) is 16.6. The van der Waals surface area contributed by atoms with E-state index in [1.807, 2.05) is 0 Å². The summed E-state index contributed by atoms with van der Waals surface area (Å²) in [5.41, 5.74) is 0. The Hall–Kier alpha value is -1.84. The zero-order valence-corrected chi connectivity index (χ0v) is 38.6. The van der Waals surface area contributed by atoms with Crippen molar-refractivity contribution in [2.24, 2.45) is 0 Å². The normalized spacial score (nSPS) is 11.9. The van der Waals surface area contributed by atoms with Crippen LogP contribution in [-0.4, -0.2) is 104 Å². The molecule has 0 aromatic rings. The monoisotopic (exact) mass is 824 g/mol. The molecule has 0 aliphatic heterocycles. The molecule has 0 bridgehead atoms. The average molecular weight is 824 g/mol. The van der Waals surface area contributed by atoms with Crippen LogP contribution in [0.15, 0.2) is 24.3 Å². The van der Waals surface area contributed by atoms with Gasteiger partial charge in [0.1, 0.15) is 19.8 Å². The van der Waals surface area contributed by atoms with Gasteiger partial charge in [-0.05, 0) is 64.2 Å². The fraction of sp³-hybridized carbons (Fsp3) is 0.854. The van der Waals surface area contributed by atoms with Gasteiger partial charge in [0.2, 0.25) is 5.91 Å². The maximum Gasteiger partial charge on any atom is 0.305 e. The first-order valence-corrected chi connectivity index (χ1v) is 24.8. The predicted octanol–water partition coefficient (Wildman–Crippen LogP) is 11.8. The highest BCUT2D eigenvalue weighted by Gasteiger charge is 2.18. The number of likely N-dealkylation sites (N-methyl/N-ethyl adjacent to an activating group) is 1. The molecule has 0 heterocycles. The standard InChI is InChI=1S/C48H91N2O6S/c1-5-7-9-11-13-15-17-19-21-23-25-27-29-31-33-35-47(53)55-42-37-49(46(52)45-57-44-40-50(3,4)39-41-51)38-43-56-48(54)36-34-32-30-28-26-24-22-20-18-16-14-12-10-8-6-2/h19-22,51H,5-18,23-45H2,1-4H3/q+1/b21-19-,22-20-. The molecule has 0 aromatic heterocycles. The summed E-state index contributed by atoms with van der Waals surface area (Å²) in [6.45, 7) is 7.03. The van der Waals surface area contributed by atoms with Gasteiger partial charge < -0.3 is 24.0 Å². The number of unbranched alkanes of at least 4 members (excludes halogenated alkanes) is 22. The lowest BCUT2D eigenvalue weighted by Gasteiger charge is -2.28. The van der Waals surface area contributed by atoms with E-state index in [2.05, 4.69) is 52.2 Å². The quantitative estimate of drug-likeness (QED) is 0.0283. The number of rotatable bonds is 43. The van der Waals surface area contributed by atoms with Gasteiger partial charge in [0.25, 0.3) is 0 Å². The van der Waals surface area contributed by atoms with Crippen LogP contribution in [-0.2, 0) is 23.9 Å². The molecular weight excluding hydrogens is 733 g/mol. The lowest BCUT2D eigenvalue weighted by molar-refractivity contribution is -0.888. The van der Waals surface area contributed by atoms with Crippen LogP contribution >= 0.6 is 11.8 Å². The van der Waals surface area contributed by atoms with E-state index in [1.54, 1.807) is 16.7 Å². The maximum atomic E-state index is 13.2. The van der Waals surface area contributed by atoms with Gasteiger partial charge in [-0.25, -0.2) is 0 Å². The third-order valence-corrected chi connectivity index (χ3v) is 11.6. The Morgan fingerprint density at radius 1 is 0.544 bits per heavy atom. The number of allylic oxidation sites excluding steroid dienone is 4. The summed E-state index contributed by atoms with van der Waals surface area (Å²) in [5.74, 6) is 0.622. The van der Waals surface area contributed by atoms with Gasteiger partial charge >= 0.3 is 11.9 Å². The lowest BCUT2D eigenvalue weighted by Crippen LogP contribution is -2.44. The number of aliphatic hydroxyl groups excluding tert-OH is 1. The Kier molecular flexibility index (Phi) is 40.9. The summed E-state index contributed by atoms with van der Waals surface area (Å²) < 4.78 is 11.7. The predicted molar refractivity (Wildman–Crippen MR) is 244 cm³/mol. The number of carbonyl (C=O) groups excluding carboxylic acids is 3. The van der Waals surface area contributed by atoms with E-state index in [4.69, 9.17) is 9.47 Å². The summed E-state index contributed by atoms with van der Waals surface area (Å²) in [7, 11) is 4.14. The Bertz CT molecular complexity index is 930. The minimum Gasteiger partial charge on any atom is -0.464 e. The number of hydrogen-bond acceptors (Lipinski definition) is 7. The summed E-state index contributed by atoms with van der Waals surface area (Å²) in [6.07, 6.45) is 41.7. The molecule has 0 aromatic carbocycles. The van der Waals surface area contributed by atoms with E-state index in [1.165, 1.54) is 116 Å². The Balaban J connectivity index is 4.29. The van der Waals surface area contributed by atoms with Crippen LogP contribution in [0.25, 0.3) is 0 Å². The second kappa shape index (κ2) is 42.3. The molecule has 0 fully saturated rings. The number of thioether (sulfide) groups is 1. The topological polar surface area (TPSA) is 93.1 Å². The van der Waals surface area contributed by atoms with E-state index in [9.17, 15) is 19.5 Å². The van der Waals surface area contributed by atoms with Crippen molar-refractivity contribution in [1.82, 2.24) is 4.90 Å². The SMILES string of the molecule is CCCCCCCC/C=C\CCCCCCCC(=O)OCCN(CCOC(=O)CCCCCCC/C=C\CCCCCCCC)C(=O)CSCC[N+](C)(C)CCO. The minimum absolute atomic E-state index is 0.0472. The Morgan fingerprint density at radius 3 is 1.30 bits per heavy atom. The number of amides is 1. The molecule has 0 saturated carbocycles. The van der Waals surface area contributed by atoms with Gasteiger partial charge in [0.15, 0.2) is 0 Å². The van der Waals surface area contributed by atoms with Gasteiger partial charge in [0.05, 0.1) is 46.1 Å². The van der Waals surface area contributed by atoms with Crippen molar-refractivity contribution in [3.05, 3.63) is 24.3 Å². The molecular formula is C48H91N2O6S+. The molecule has 0 unspecified atom stereocenters. The summed E-state index contributed by atoms with van der Waals surface area (Å²) >= 11 is 1.57. The van der Waals surface area contributed by atoms with E-state index in [0.717, 1.165) is 63.7 Å². The van der Waals surface area contributed by atoms with E-state index >= 15 is 0 Å². The molecule has 57 heavy (non-hydrogen) atoms. The Morgan fingerprint density at radius 2 is 0.912 bits per heavy atom. The number of esters is 2. The molecule has 8 nitrogen and oxygen atoms in total. The van der Waals surface area contributed by atoms with Crippen LogP contribution in [0.1, 0.15) is 194 Å². The van der Waals surface area contributed by atoms with Crippen LogP contribution in [0.4, 0.5) is 0 Å². The van der Waals surface area contributed by atoms with Crippen molar-refractivity contribution in [3.63, 3.8) is 0 Å². The molecule has 0 radical (unpaired) electrons. The van der Waals surface area contributed by atoms with Crippen molar-refractivity contribution in [2.75, 3.05) is 71.6 Å². The highest BCUT2D eigenvalue weighted by atomic mass is 32.2. The third-order valence-electron chi connectivity index (χ3n) is 10.7. The van der Waals surface area contributed by atoms with Gasteiger partial charge in [-0.2, -0.15) is 0 Å². The molecule has 0 aliphatic rings. The van der Waals surface area contributed by atoms with Crippen LogP contribution in [0.3, 0.4) is 0 Å². The molecule has 9 heteroatoms. The third kappa shape index (κ3) is 40.7. The second-order valence-corrected chi connectivity index (χ2v) is 17.8. The molecule has 0 spiro atoms. The lowest BCUT2D eigenvalue weighted by atomic mass is 10.1. The Labute approximate surface area is 356 Å². The molecule has 1 amide bonds. The van der Waals surface area contributed by atoms with Crippen LogP contribution < -0.4 is 0 Å². The zero-order valence-electron chi connectivity index (χ0n) is 37.8. The first-order valence-electron chi connectivity index (χ1n) is 23.6. The molecule has 0 rings (SSSR count). The summed E-state index contributed by atoms with van der Waals surface area (Å²) in [6, 6.07) is 0. The first-order chi connectivity index (χ1) is 27.8. The smallest absolute Gasteiger partial charge is 0.305 e. The van der Waals surface area contributed by atoms with Crippen molar-refractivity contribution in [3.8, 4) is 0 Å².